The summed E-state index contributed by atoms with van der Waals surface area (Å²) < 4.78 is 21.7. The van der Waals surface area contributed by atoms with E-state index in [4.69, 9.17) is 10.2 Å². The zero-order chi connectivity index (χ0) is 12.0. The summed E-state index contributed by atoms with van der Waals surface area (Å²) in [5, 5.41) is 13.9. The van der Waals surface area contributed by atoms with Gasteiger partial charge < -0.3 is 10.0 Å². The molecule has 0 bridgehead atoms. The van der Waals surface area contributed by atoms with Crippen molar-refractivity contribution < 1.29 is 13.5 Å². The molecule has 0 radical (unpaired) electrons. The van der Waals surface area contributed by atoms with Gasteiger partial charge >= 0.3 is 0 Å². The number of nitrogens with two attached hydrogens (primary N) is 1. The van der Waals surface area contributed by atoms with E-state index in [-0.39, 0.29) is 12.4 Å². The van der Waals surface area contributed by atoms with Crippen LogP contribution >= 0.6 is 0 Å². The van der Waals surface area contributed by atoms with Gasteiger partial charge in [0, 0.05) is 13.2 Å². The summed E-state index contributed by atoms with van der Waals surface area (Å²) >= 11 is 0. The highest BCUT2D eigenvalue weighted by Gasteiger charge is 2.17. The zero-order valence-corrected chi connectivity index (χ0v) is 10.5. The summed E-state index contributed by atoms with van der Waals surface area (Å²) in [6.07, 6.45) is 4.12. The largest absolute Gasteiger partial charge is 0.396 e. The lowest BCUT2D eigenvalue weighted by atomic mass is 9.98. The molecule has 6 heteroatoms. The van der Waals surface area contributed by atoms with Crippen molar-refractivity contribution in [3.05, 3.63) is 0 Å². The van der Waals surface area contributed by atoms with Crippen molar-refractivity contribution in [3.8, 4) is 0 Å². The van der Waals surface area contributed by atoms with Crippen molar-refractivity contribution in [1.82, 2.24) is 4.90 Å². The first-order valence-corrected chi connectivity index (χ1v) is 7.56. The normalized spacial score (nSPS) is 24.2. The Bertz CT molecular complexity index is 292. The predicted octanol–water partition coefficient (Wildman–Crippen LogP) is -0.241. The van der Waals surface area contributed by atoms with Gasteiger partial charge in [-0.25, -0.2) is 13.6 Å². The van der Waals surface area contributed by atoms with Crippen LogP contribution < -0.4 is 5.14 Å². The van der Waals surface area contributed by atoms with Gasteiger partial charge in [-0.2, -0.15) is 0 Å². The molecule has 1 aliphatic rings. The Hall–Kier alpha value is -0.170. The average molecular weight is 250 g/mol. The van der Waals surface area contributed by atoms with Crippen LogP contribution in [-0.2, 0) is 10.0 Å². The van der Waals surface area contributed by atoms with Gasteiger partial charge in [0.1, 0.15) is 0 Å². The maximum Gasteiger partial charge on any atom is 0.210 e. The van der Waals surface area contributed by atoms with Gasteiger partial charge in [0.25, 0.3) is 0 Å². The first-order valence-electron chi connectivity index (χ1n) is 5.85. The van der Waals surface area contributed by atoms with Gasteiger partial charge in [-0.15, -0.1) is 0 Å². The van der Waals surface area contributed by atoms with Crippen molar-refractivity contribution in [2.45, 2.75) is 25.7 Å². The topological polar surface area (TPSA) is 83.6 Å². The van der Waals surface area contributed by atoms with Crippen LogP contribution in [0.15, 0.2) is 0 Å². The van der Waals surface area contributed by atoms with Gasteiger partial charge in [0.05, 0.1) is 5.75 Å². The summed E-state index contributed by atoms with van der Waals surface area (Å²) in [4.78, 5) is 2.15. The zero-order valence-electron chi connectivity index (χ0n) is 9.64. The summed E-state index contributed by atoms with van der Waals surface area (Å²) in [6.45, 7) is 2.64. The Morgan fingerprint density at radius 2 is 2.06 bits per heavy atom. The molecule has 0 spiro atoms. The molecule has 0 aromatic carbocycles. The second-order valence-electron chi connectivity index (χ2n) is 4.52. The molecule has 1 saturated heterocycles. The molecule has 1 rings (SSSR count). The summed E-state index contributed by atoms with van der Waals surface area (Å²) in [5.41, 5.74) is 0. The lowest BCUT2D eigenvalue weighted by Gasteiger charge is -2.19. The summed E-state index contributed by atoms with van der Waals surface area (Å²) in [6, 6.07) is 0. The monoisotopic (exact) mass is 250 g/mol. The fourth-order valence-corrected chi connectivity index (χ4v) is 2.69. The average Bonchev–Trinajstić information content (AvgIpc) is 2.40. The maximum absolute atomic E-state index is 10.8. The van der Waals surface area contributed by atoms with E-state index in [1.54, 1.807) is 0 Å². The second kappa shape index (κ2) is 6.54. The van der Waals surface area contributed by atoms with Crippen molar-refractivity contribution in [2.75, 3.05) is 32.0 Å². The van der Waals surface area contributed by atoms with Crippen LogP contribution in [0.4, 0.5) is 0 Å². The maximum atomic E-state index is 10.8. The van der Waals surface area contributed by atoms with Crippen molar-refractivity contribution in [3.63, 3.8) is 0 Å². The molecule has 0 amide bonds. The fraction of sp³-hybridized carbons (Fsp3) is 1.00. The van der Waals surface area contributed by atoms with Gasteiger partial charge in [-0.05, 0) is 44.7 Å². The Labute approximate surface area is 97.7 Å². The molecule has 1 heterocycles. The van der Waals surface area contributed by atoms with Crippen LogP contribution in [0.3, 0.4) is 0 Å². The van der Waals surface area contributed by atoms with Crippen molar-refractivity contribution in [1.29, 1.82) is 0 Å². The minimum absolute atomic E-state index is 0.0394. The van der Waals surface area contributed by atoms with Crippen LogP contribution in [0.5, 0.6) is 0 Å². The third kappa shape index (κ3) is 5.79. The molecule has 0 aliphatic carbocycles. The number of hydrogen-bond donors (Lipinski definition) is 2. The van der Waals surface area contributed by atoms with Crippen LogP contribution in [0.2, 0.25) is 0 Å². The van der Waals surface area contributed by atoms with E-state index in [0.717, 1.165) is 38.8 Å². The first kappa shape index (κ1) is 13.9. The van der Waals surface area contributed by atoms with Gasteiger partial charge in [0.15, 0.2) is 0 Å². The lowest BCUT2D eigenvalue weighted by molar-refractivity contribution is 0.243. The molecular formula is C10H22N2O3S. The highest BCUT2D eigenvalue weighted by molar-refractivity contribution is 7.89. The molecule has 0 saturated carbocycles. The molecule has 0 aromatic heterocycles. The summed E-state index contributed by atoms with van der Waals surface area (Å²) in [7, 11) is -3.34. The Kier molecular flexibility index (Phi) is 5.68. The molecular weight excluding hydrogens is 228 g/mol. The van der Waals surface area contributed by atoms with E-state index in [1.807, 2.05) is 0 Å². The van der Waals surface area contributed by atoms with Gasteiger partial charge in [-0.3, -0.25) is 0 Å². The molecule has 1 aliphatic heterocycles. The number of primary sulfonamides is 1. The first-order chi connectivity index (χ1) is 7.51. The van der Waals surface area contributed by atoms with Gasteiger partial charge in [-0.1, -0.05) is 0 Å². The number of nitrogens with zero attached hydrogens (tertiary/aromatic N) is 1. The van der Waals surface area contributed by atoms with Crippen molar-refractivity contribution >= 4 is 10.0 Å². The quantitative estimate of drug-likeness (QED) is 0.705. The standard InChI is InChI=1S/C10H22N2O3S/c11-16(14,15)9-7-12-5-1-2-10(3-6-12)4-8-13/h10,13H,1-9H2,(H2,11,14,15). The van der Waals surface area contributed by atoms with Crippen LogP contribution in [-0.4, -0.2) is 50.4 Å². The van der Waals surface area contributed by atoms with E-state index in [0.29, 0.717) is 12.5 Å². The molecule has 3 N–H and O–H groups in total. The second-order valence-corrected chi connectivity index (χ2v) is 6.25. The minimum Gasteiger partial charge on any atom is -0.396 e. The molecule has 0 aromatic rings. The van der Waals surface area contributed by atoms with E-state index < -0.39 is 10.0 Å². The summed E-state index contributed by atoms with van der Waals surface area (Å²) in [5.74, 6) is 0.627. The Morgan fingerprint density at radius 1 is 1.31 bits per heavy atom. The van der Waals surface area contributed by atoms with Crippen LogP contribution in [0.25, 0.3) is 0 Å². The third-order valence-electron chi connectivity index (χ3n) is 3.17. The molecule has 1 fully saturated rings. The van der Waals surface area contributed by atoms with E-state index in [1.165, 1.54) is 0 Å². The molecule has 96 valence electrons. The van der Waals surface area contributed by atoms with Crippen LogP contribution in [0, 0.1) is 5.92 Å². The lowest BCUT2D eigenvalue weighted by Crippen LogP contribution is -2.32. The number of sulfonamides is 1. The molecule has 16 heavy (non-hydrogen) atoms. The predicted molar refractivity (Wildman–Crippen MR) is 63.5 cm³/mol. The smallest absolute Gasteiger partial charge is 0.210 e. The molecule has 5 nitrogen and oxygen atoms in total. The number of likely N-dealkylation sites (tertiary alicyclic amines) is 1. The van der Waals surface area contributed by atoms with E-state index >= 15 is 0 Å². The third-order valence-corrected chi connectivity index (χ3v) is 3.92. The highest BCUT2D eigenvalue weighted by Crippen LogP contribution is 2.20. The van der Waals surface area contributed by atoms with Gasteiger partial charge in [0.2, 0.25) is 10.0 Å². The highest BCUT2D eigenvalue weighted by atomic mass is 32.2. The number of rotatable bonds is 5. The van der Waals surface area contributed by atoms with Crippen molar-refractivity contribution in [2.24, 2.45) is 11.1 Å². The number of hydrogen-bond acceptors (Lipinski definition) is 4. The SMILES string of the molecule is NS(=O)(=O)CCN1CCCC(CCO)CC1. The Balaban J connectivity index is 2.30. The Morgan fingerprint density at radius 3 is 2.69 bits per heavy atom. The molecule has 1 atom stereocenters. The number of aliphatic hydroxyl groups excluding tert-OH is 1. The van der Waals surface area contributed by atoms with E-state index in [2.05, 4.69) is 4.90 Å². The molecule has 1 unspecified atom stereocenters. The number of aliphatic hydroxyl groups is 1. The fourth-order valence-electron chi connectivity index (χ4n) is 2.18. The van der Waals surface area contributed by atoms with Crippen LogP contribution in [0.1, 0.15) is 25.7 Å². The van der Waals surface area contributed by atoms with E-state index in [9.17, 15) is 8.42 Å². The minimum atomic E-state index is -3.34.